The average Bonchev–Trinajstić information content (AvgIpc) is 2.74. The van der Waals surface area contributed by atoms with Gasteiger partial charge in [0.25, 0.3) is 0 Å². The van der Waals surface area contributed by atoms with Crippen LogP contribution in [0.5, 0.6) is 0 Å². The molecule has 0 N–H and O–H groups in total. The number of ether oxygens (including phenoxy) is 1. The van der Waals surface area contributed by atoms with E-state index in [9.17, 15) is 9.59 Å². The van der Waals surface area contributed by atoms with Gasteiger partial charge in [-0.3, -0.25) is 4.79 Å². The fraction of sp³-hybridized carbons (Fsp3) is 0.267. The highest BCUT2D eigenvalue weighted by Crippen LogP contribution is 2.17. The molecule has 0 bridgehead atoms. The number of aromatic nitrogens is 2. The third-order valence-corrected chi connectivity index (χ3v) is 3.09. The first-order valence-electron chi connectivity index (χ1n) is 6.37. The Bertz CT molecular complexity index is 642. The lowest BCUT2D eigenvalue weighted by molar-refractivity contribution is 0.0526. The van der Waals surface area contributed by atoms with Gasteiger partial charge in [-0.05, 0) is 45.0 Å². The molecule has 0 spiro atoms. The van der Waals surface area contributed by atoms with Crippen molar-refractivity contribution in [2.75, 3.05) is 6.61 Å². The fourth-order valence-corrected chi connectivity index (χ4v) is 2.03. The summed E-state index contributed by atoms with van der Waals surface area (Å²) in [4.78, 5) is 22.6. The van der Waals surface area contributed by atoms with Gasteiger partial charge in [0.15, 0.2) is 6.29 Å². The lowest BCUT2D eigenvalue weighted by Gasteiger charge is -2.06. The number of benzene rings is 1. The van der Waals surface area contributed by atoms with Gasteiger partial charge in [-0.2, -0.15) is 5.10 Å². The number of carbonyl (C=O) groups is 2. The van der Waals surface area contributed by atoms with Crippen molar-refractivity contribution in [3.8, 4) is 5.69 Å². The molecule has 0 aliphatic rings. The van der Waals surface area contributed by atoms with E-state index in [1.807, 2.05) is 6.92 Å². The first-order chi connectivity index (χ1) is 9.58. The van der Waals surface area contributed by atoms with Gasteiger partial charge in [0.1, 0.15) is 0 Å². The van der Waals surface area contributed by atoms with Crippen LogP contribution in [-0.2, 0) is 4.74 Å². The van der Waals surface area contributed by atoms with E-state index in [2.05, 4.69) is 5.10 Å². The van der Waals surface area contributed by atoms with Crippen LogP contribution in [0, 0.1) is 13.8 Å². The Balaban J connectivity index is 2.35. The first-order valence-corrected chi connectivity index (χ1v) is 6.37. The molecule has 5 heteroatoms. The zero-order chi connectivity index (χ0) is 14.7. The van der Waals surface area contributed by atoms with E-state index in [-0.39, 0.29) is 5.97 Å². The molecule has 2 rings (SSSR count). The number of aryl methyl sites for hydroxylation is 1. The Hall–Kier alpha value is -2.43. The fourth-order valence-electron chi connectivity index (χ4n) is 2.03. The molecule has 104 valence electrons. The summed E-state index contributed by atoms with van der Waals surface area (Å²) < 4.78 is 6.62. The summed E-state index contributed by atoms with van der Waals surface area (Å²) in [5.74, 6) is -0.346. The molecule has 0 aliphatic carbocycles. The quantitative estimate of drug-likeness (QED) is 0.633. The number of esters is 1. The summed E-state index contributed by atoms with van der Waals surface area (Å²) in [6.45, 7) is 5.74. The molecule has 0 aliphatic heterocycles. The molecule has 0 atom stereocenters. The van der Waals surface area contributed by atoms with Crippen LogP contribution in [0.25, 0.3) is 5.69 Å². The average molecular weight is 272 g/mol. The van der Waals surface area contributed by atoms with E-state index in [4.69, 9.17) is 4.74 Å². The van der Waals surface area contributed by atoms with E-state index >= 15 is 0 Å². The number of nitrogens with zero attached hydrogens (tertiary/aromatic N) is 2. The summed E-state index contributed by atoms with van der Waals surface area (Å²) in [5, 5.41) is 4.33. The van der Waals surface area contributed by atoms with Crippen LogP contribution >= 0.6 is 0 Å². The second-order valence-electron chi connectivity index (χ2n) is 4.38. The van der Waals surface area contributed by atoms with Gasteiger partial charge in [-0.15, -0.1) is 0 Å². The highest BCUT2D eigenvalue weighted by molar-refractivity contribution is 5.89. The SMILES string of the molecule is CCOC(=O)c1ccc(-n2nc(C)c(C=O)c2C)cc1. The zero-order valence-electron chi connectivity index (χ0n) is 11.7. The summed E-state index contributed by atoms with van der Waals surface area (Å²) in [5.41, 5.74) is 3.35. The number of hydrogen-bond acceptors (Lipinski definition) is 4. The Labute approximate surface area is 117 Å². The second-order valence-corrected chi connectivity index (χ2v) is 4.38. The molecule has 20 heavy (non-hydrogen) atoms. The third kappa shape index (κ3) is 2.47. The Morgan fingerprint density at radius 3 is 2.45 bits per heavy atom. The second kappa shape index (κ2) is 5.69. The number of hydrogen-bond donors (Lipinski definition) is 0. The molecule has 0 saturated heterocycles. The molecule has 0 unspecified atom stereocenters. The van der Waals surface area contributed by atoms with E-state index in [0.717, 1.165) is 17.7 Å². The van der Waals surface area contributed by atoms with Gasteiger partial charge in [0.2, 0.25) is 0 Å². The first kappa shape index (κ1) is 14.0. The van der Waals surface area contributed by atoms with Crippen LogP contribution in [0.15, 0.2) is 24.3 Å². The molecular formula is C15H16N2O3. The van der Waals surface area contributed by atoms with Gasteiger partial charge in [-0.1, -0.05) is 0 Å². The van der Waals surface area contributed by atoms with Gasteiger partial charge >= 0.3 is 5.97 Å². The predicted molar refractivity (Wildman–Crippen MR) is 74.4 cm³/mol. The maximum Gasteiger partial charge on any atom is 0.338 e. The maximum atomic E-state index is 11.6. The van der Waals surface area contributed by atoms with Crippen molar-refractivity contribution in [1.29, 1.82) is 0 Å². The minimum absolute atomic E-state index is 0.346. The maximum absolute atomic E-state index is 11.6. The van der Waals surface area contributed by atoms with Crippen molar-refractivity contribution in [3.05, 3.63) is 46.8 Å². The minimum Gasteiger partial charge on any atom is -0.462 e. The van der Waals surface area contributed by atoms with Crippen molar-refractivity contribution in [3.63, 3.8) is 0 Å². The monoisotopic (exact) mass is 272 g/mol. The Morgan fingerprint density at radius 2 is 1.95 bits per heavy atom. The molecule has 1 aromatic carbocycles. The molecule has 2 aromatic rings. The normalized spacial score (nSPS) is 10.3. The van der Waals surface area contributed by atoms with Crippen LogP contribution < -0.4 is 0 Å². The number of rotatable bonds is 4. The molecule has 0 amide bonds. The summed E-state index contributed by atoms with van der Waals surface area (Å²) >= 11 is 0. The molecule has 0 fully saturated rings. The van der Waals surface area contributed by atoms with Crippen molar-refractivity contribution in [1.82, 2.24) is 9.78 Å². The van der Waals surface area contributed by atoms with E-state index < -0.39 is 0 Å². The van der Waals surface area contributed by atoms with E-state index in [1.165, 1.54) is 0 Å². The molecule has 0 radical (unpaired) electrons. The van der Waals surface area contributed by atoms with Gasteiger partial charge in [0.05, 0.1) is 34.8 Å². The number of carbonyl (C=O) groups excluding carboxylic acids is 2. The van der Waals surface area contributed by atoms with Crippen molar-refractivity contribution >= 4 is 12.3 Å². The Morgan fingerprint density at radius 1 is 1.30 bits per heavy atom. The van der Waals surface area contributed by atoms with Crippen LogP contribution in [0.2, 0.25) is 0 Å². The van der Waals surface area contributed by atoms with Crippen LogP contribution in [0.4, 0.5) is 0 Å². The van der Waals surface area contributed by atoms with E-state index in [1.54, 1.807) is 42.8 Å². The topological polar surface area (TPSA) is 61.2 Å². The van der Waals surface area contributed by atoms with E-state index in [0.29, 0.717) is 23.4 Å². The highest BCUT2D eigenvalue weighted by Gasteiger charge is 2.12. The van der Waals surface area contributed by atoms with Crippen molar-refractivity contribution < 1.29 is 14.3 Å². The predicted octanol–water partition coefficient (Wildman–Crippen LogP) is 2.48. The largest absolute Gasteiger partial charge is 0.462 e. The van der Waals surface area contributed by atoms with Gasteiger partial charge in [-0.25, -0.2) is 9.48 Å². The van der Waals surface area contributed by atoms with Crippen molar-refractivity contribution in [2.45, 2.75) is 20.8 Å². The van der Waals surface area contributed by atoms with Gasteiger partial charge < -0.3 is 4.74 Å². The lowest BCUT2D eigenvalue weighted by atomic mass is 10.2. The smallest absolute Gasteiger partial charge is 0.338 e. The Kier molecular flexibility index (Phi) is 3.98. The third-order valence-electron chi connectivity index (χ3n) is 3.09. The summed E-state index contributed by atoms with van der Waals surface area (Å²) in [6, 6.07) is 6.93. The summed E-state index contributed by atoms with van der Waals surface area (Å²) in [6.07, 6.45) is 0.807. The number of aldehydes is 1. The molecule has 5 nitrogen and oxygen atoms in total. The standard InChI is InChI=1S/C15H16N2O3/c1-4-20-15(19)12-5-7-13(8-6-12)17-11(3)14(9-18)10(2)16-17/h5-9H,4H2,1-3H3. The minimum atomic E-state index is -0.346. The van der Waals surface area contributed by atoms with Crippen LogP contribution in [0.1, 0.15) is 39.0 Å². The zero-order valence-corrected chi connectivity index (χ0v) is 11.7. The highest BCUT2D eigenvalue weighted by atomic mass is 16.5. The molecular weight excluding hydrogens is 256 g/mol. The van der Waals surface area contributed by atoms with Crippen LogP contribution in [-0.4, -0.2) is 28.6 Å². The lowest BCUT2D eigenvalue weighted by Crippen LogP contribution is -2.05. The van der Waals surface area contributed by atoms with Gasteiger partial charge in [0, 0.05) is 0 Å². The van der Waals surface area contributed by atoms with Crippen LogP contribution in [0.3, 0.4) is 0 Å². The molecule has 0 saturated carbocycles. The van der Waals surface area contributed by atoms with Crippen molar-refractivity contribution in [2.24, 2.45) is 0 Å². The molecule has 1 heterocycles. The summed E-state index contributed by atoms with van der Waals surface area (Å²) in [7, 11) is 0. The molecule has 1 aromatic heterocycles.